The number of hydrogen-bond donors (Lipinski definition) is 5. The van der Waals surface area contributed by atoms with Crippen LogP contribution in [0.15, 0.2) is 48.6 Å². The van der Waals surface area contributed by atoms with Crippen LogP contribution >= 0.6 is 7.82 Å². The number of rotatable bonds is 32. The molecule has 0 radical (unpaired) electrons. The van der Waals surface area contributed by atoms with E-state index in [0.29, 0.717) is 12.8 Å². The van der Waals surface area contributed by atoms with E-state index in [2.05, 4.69) is 55.6 Å². The molecule has 0 aromatic rings. The summed E-state index contributed by atoms with van der Waals surface area (Å²) in [5.74, 6) is -0.474. The Morgan fingerprint density at radius 1 is 0.761 bits per heavy atom. The van der Waals surface area contributed by atoms with E-state index < -0.39 is 38.6 Å². The van der Waals surface area contributed by atoms with Crippen LogP contribution in [0.5, 0.6) is 0 Å². The van der Waals surface area contributed by atoms with E-state index >= 15 is 0 Å². The van der Waals surface area contributed by atoms with Crippen LogP contribution in [0.3, 0.4) is 0 Å². The van der Waals surface area contributed by atoms with Crippen LogP contribution in [0.4, 0.5) is 0 Å². The first-order chi connectivity index (χ1) is 22.3. The fraction of sp³-hybridized carbons (Fsp3) is 0.750. The summed E-state index contributed by atoms with van der Waals surface area (Å²) < 4.78 is 21.9. The summed E-state index contributed by atoms with van der Waals surface area (Å²) in [7, 11) is -4.40. The Balaban J connectivity index is 4.51. The third-order valence-corrected chi connectivity index (χ3v) is 8.40. The number of nitrogens with two attached hydrogens (primary N) is 1. The number of carbonyl (C=O) groups is 1. The van der Waals surface area contributed by atoms with Crippen LogP contribution in [0.25, 0.3) is 0 Å². The number of aliphatic hydroxyl groups is 2. The van der Waals surface area contributed by atoms with Gasteiger partial charge in [-0.2, -0.15) is 0 Å². The second-order valence-electron chi connectivity index (χ2n) is 11.9. The summed E-state index contributed by atoms with van der Waals surface area (Å²) in [5.41, 5.74) is 5.32. The monoisotopic (exact) mass is 670 g/mol. The average Bonchev–Trinajstić information content (AvgIpc) is 3.03. The fourth-order valence-electron chi connectivity index (χ4n) is 4.74. The van der Waals surface area contributed by atoms with E-state index in [9.17, 15) is 24.5 Å². The lowest BCUT2D eigenvalue weighted by Gasteiger charge is -2.24. The fourth-order valence-corrected chi connectivity index (χ4v) is 5.50. The molecule has 0 rings (SSSR count). The zero-order valence-corrected chi connectivity index (χ0v) is 29.8. The molecule has 9 nitrogen and oxygen atoms in total. The third kappa shape index (κ3) is 29.8. The molecule has 46 heavy (non-hydrogen) atoms. The molecule has 0 aromatic heterocycles. The molecule has 4 atom stereocenters. The van der Waals surface area contributed by atoms with Crippen molar-refractivity contribution in [1.29, 1.82) is 0 Å². The Labute approximate surface area is 280 Å². The van der Waals surface area contributed by atoms with E-state index in [-0.39, 0.29) is 19.6 Å². The summed E-state index contributed by atoms with van der Waals surface area (Å²) in [5, 5.41) is 23.8. The SMILES string of the molecule is CC/C=C/CC/C=C/CC/C=C/C(O)C(COP(=O)(O)OCCN)NC(=O)CC(O)CCCCC/C=C\CCCCCCCCC. The van der Waals surface area contributed by atoms with Gasteiger partial charge in [0, 0.05) is 6.54 Å². The number of unbranched alkanes of at least 4 members (excludes halogenated alkanes) is 12. The minimum Gasteiger partial charge on any atom is -0.393 e. The first kappa shape index (κ1) is 44.4. The highest BCUT2D eigenvalue weighted by molar-refractivity contribution is 7.47. The first-order valence-corrected chi connectivity index (χ1v) is 19.3. The molecular formula is C36H67N2O7P. The number of nitrogens with one attached hydrogen (secondary N) is 1. The van der Waals surface area contributed by atoms with Crippen molar-refractivity contribution in [3.05, 3.63) is 48.6 Å². The predicted octanol–water partition coefficient (Wildman–Crippen LogP) is 7.96. The molecule has 0 aromatic carbocycles. The molecule has 0 aliphatic rings. The van der Waals surface area contributed by atoms with Crippen molar-refractivity contribution in [2.75, 3.05) is 19.8 Å². The van der Waals surface area contributed by atoms with E-state index in [0.717, 1.165) is 57.8 Å². The molecule has 0 saturated carbocycles. The minimum absolute atomic E-state index is 0.0389. The van der Waals surface area contributed by atoms with Gasteiger partial charge in [-0.25, -0.2) is 4.57 Å². The van der Waals surface area contributed by atoms with E-state index in [1.165, 1.54) is 51.0 Å². The Morgan fingerprint density at radius 2 is 1.30 bits per heavy atom. The lowest BCUT2D eigenvalue weighted by atomic mass is 10.1. The van der Waals surface area contributed by atoms with Crippen LogP contribution in [-0.4, -0.2) is 59.0 Å². The van der Waals surface area contributed by atoms with Gasteiger partial charge in [0.05, 0.1) is 37.9 Å². The molecule has 0 heterocycles. The van der Waals surface area contributed by atoms with Gasteiger partial charge >= 0.3 is 7.82 Å². The van der Waals surface area contributed by atoms with E-state index in [1.54, 1.807) is 6.08 Å². The lowest BCUT2D eigenvalue weighted by molar-refractivity contribution is -0.124. The van der Waals surface area contributed by atoms with Crippen LogP contribution in [0.2, 0.25) is 0 Å². The number of phosphoric acid groups is 1. The largest absolute Gasteiger partial charge is 0.472 e. The lowest BCUT2D eigenvalue weighted by Crippen LogP contribution is -2.46. The van der Waals surface area contributed by atoms with Crippen molar-refractivity contribution in [3.63, 3.8) is 0 Å². The Kier molecular flexibility index (Phi) is 30.9. The Hall–Kier alpha value is -1.58. The smallest absolute Gasteiger partial charge is 0.393 e. The molecule has 0 aliphatic carbocycles. The molecule has 0 spiro atoms. The molecule has 0 fully saturated rings. The van der Waals surface area contributed by atoms with E-state index in [1.807, 2.05) is 0 Å². The van der Waals surface area contributed by atoms with Crippen molar-refractivity contribution >= 4 is 13.7 Å². The summed E-state index contributed by atoms with van der Waals surface area (Å²) in [6, 6.07) is -1.01. The van der Waals surface area contributed by atoms with Gasteiger partial charge in [-0.1, -0.05) is 114 Å². The maximum atomic E-state index is 12.7. The molecule has 0 bridgehead atoms. The van der Waals surface area contributed by atoms with Gasteiger partial charge < -0.3 is 26.2 Å². The second-order valence-corrected chi connectivity index (χ2v) is 13.3. The molecule has 1 amide bonds. The Morgan fingerprint density at radius 3 is 1.91 bits per heavy atom. The van der Waals surface area contributed by atoms with Crippen molar-refractivity contribution in [3.8, 4) is 0 Å². The third-order valence-electron chi connectivity index (χ3n) is 7.42. The van der Waals surface area contributed by atoms with Crippen LogP contribution in [-0.2, 0) is 18.4 Å². The van der Waals surface area contributed by atoms with Gasteiger partial charge in [-0.15, -0.1) is 0 Å². The van der Waals surface area contributed by atoms with Gasteiger partial charge in [-0.05, 0) is 64.2 Å². The molecular weight excluding hydrogens is 603 g/mol. The van der Waals surface area contributed by atoms with Crippen LogP contribution in [0.1, 0.15) is 136 Å². The highest BCUT2D eigenvalue weighted by atomic mass is 31.2. The standard InChI is InChI=1S/C36H67N2O7P/c1-3-5-7-9-11-13-15-16-17-18-19-21-23-25-27-33(39)31-36(41)38-34(32-45-46(42,43)44-30-29-37)35(40)28-26-24-22-20-14-12-10-8-6-4-2/h6,8,14,17-18,20,26,28,33-35,39-40H,3-5,7,9-13,15-16,19,21-25,27,29-32,37H2,1-2H3,(H,38,41)(H,42,43)/b8-6+,18-17-,20-14+,28-26+. The van der Waals surface area contributed by atoms with Crippen molar-refractivity contribution in [2.45, 2.75) is 154 Å². The van der Waals surface area contributed by atoms with E-state index in [4.69, 9.17) is 14.8 Å². The van der Waals surface area contributed by atoms with Gasteiger partial charge in [0.2, 0.25) is 5.91 Å². The van der Waals surface area contributed by atoms with Gasteiger partial charge in [0.25, 0.3) is 0 Å². The van der Waals surface area contributed by atoms with Crippen molar-refractivity contribution in [2.24, 2.45) is 5.73 Å². The van der Waals surface area contributed by atoms with Crippen molar-refractivity contribution in [1.82, 2.24) is 5.32 Å². The van der Waals surface area contributed by atoms with Gasteiger partial charge in [0.1, 0.15) is 0 Å². The highest BCUT2D eigenvalue weighted by Gasteiger charge is 2.27. The topological polar surface area (TPSA) is 151 Å². The molecule has 0 aliphatic heterocycles. The molecule has 10 heteroatoms. The average molecular weight is 671 g/mol. The normalized spacial score (nSPS) is 15.7. The quantitative estimate of drug-likeness (QED) is 0.0275. The number of hydrogen-bond acceptors (Lipinski definition) is 7. The number of carbonyl (C=O) groups excluding carboxylic acids is 1. The van der Waals surface area contributed by atoms with Gasteiger partial charge in [0.15, 0.2) is 0 Å². The van der Waals surface area contributed by atoms with Gasteiger partial charge in [-0.3, -0.25) is 13.8 Å². The number of aliphatic hydroxyl groups excluding tert-OH is 2. The number of allylic oxidation sites excluding steroid dienone is 7. The predicted molar refractivity (Wildman–Crippen MR) is 190 cm³/mol. The molecule has 6 N–H and O–H groups in total. The van der Waals surface area contributed by atoms with Crippen molar-refractivity contribution < 1.29 is 33.5 Å². The molecule has 4 unspecified atom stereocenters. The molecule has 268 valence electrons. The first-order valence-electron chi connectivity index (χ1n) is 17.8. The Bertz CT molecular complexity index is 878. The summed E-state index contributed by atoms with van der Waals surface area (Å²) in [6.07, 6.45) is 33.5. The zero-order chi connectivity index (χ0) is 34.1. The van der Waals surface area contributed by atoms with Crippen LogP contribution in [0, 0.1) is 0 Å². The summed E-state index contributed by atoms with van der Waals surface area (Å²) in [6.45, 7) is 3.77. The summed E-state index contributed by atoms with van der Waals surface area (Å²) >= 11 is 0. The summed E-state index contributed by atoms with van der Waals surface area (Å²) in [4.78, 5) is 22.6. The zero-order valence-electron chi connectivity index (χ0n) is 28.9. The minimum atomic E-state index is -4.40. The second kappa shape index (κ2) is 32.0. The highest BCUT2D eigenvalue weighted by Crippen LogP contribution is 2.43. The maximum Gasteiger partial charge on any atom is 0.472 e. The maximum absolute atomic E-state index is 12.7. The number of phosphoric ester groups is 1. The van der Waals surface area contributed by atoms with Crippen LogP contribution < -0.4 is 11.1 Å². The number of amides is 1. The molecule has 0 saturated heterocycles.